The molecule has 10 heteroatoms. The molecular weight excluding hydrogens is 409 g/mol. The number of carbonyl (C=O) groups is 3. The molecule has 1 aliphatic rings. The molecule has 1 atom stereocenters. The SMILES string of the molecule is CCCC(=O)c1ccc2c(c1)N(CC(=O)Nc1ccc([N+](=O)[O-])c(F)c1)C(=O)C(C)O2. The number of nitro benzene ring substituents is 1. The number of nitrogens with one attached hydrogen (secondary N) is 1. The number of nitrogens with zero attached hydrogens (tertiary/aromatic N) is 2. The molecule has 0 aromatic heterocycles. The maximum atomic E-state index is 13.8. The minimum atomic E-state index is -1.09. The highest BCUT2D eigenvalue weighted by Gasteiger charge is 2.33. The minimum Gasteiger partial charge on any atom is -0.479 e. The summed E-state index contributed by atoms with van der Waals surface area (Å²) in [6.07, 6.45) is 0.172. The zero-order valence-corrected chi connectivity index (χ0v) is 16.9. The van der Waals surface area contributed by atoms with Gasteiger partial charge in [-0.05, 0) is 37.6 Å². The molecule has 0 fully saturated rings. The summed E-state index contributed by atoms with van der Waals surface area (Å²) in [6.45, 7) is 3.00. The van der Waals surface area contributed by atoms with Gasteiger partial charge >= 0.3 is 5.69 Å². The van der Waals surface area contributed by atoms with E-state index in [1.54, 1.807) is 12.1 Å². The average Bonchev–Trinajstić information content (AvgIpc) is 2.71. The number of ether oxygens (including phenoxy) is 1. The van der Waals surface area contributed by atoms with Gasteiger partial charge in [0, 0.05) is 29.8 Å². The number of nitro groups is 1. The third-order valence-corrected chi connectivity index (χ3v) is 4.70. The Kier molecular flexibility index (Phi) is 6.28. The van der Waals surface area contributed by atoms with E-state index in [1.807, 2.05) is 6.92 Å². The van der Waals surface area contributed by atoms with Crippen molar-refractivity contribution in [3.8, 4) is 5.75 Å². The van der Waals surface area contributed by atoms with Crippen LogP contribution in [-0.4, -0.2) is 35.2 Å². The highest BCUT2D eigenvalue weighted by atomic mass is 19.1. The van der Waals surface area contributed by atoms with Crippen LogP contribution in [0.5, 0.6) is 5.75 Å². The van der Waals surface area contributed by atoms with Gasteiger partial charge in [-0.2, -0.15) is 4.39 Å². The minimum absolute atomic E-state index is 0.00829. The number of rotatable bonds is 7. The summed E-state index contributed by atoms with van der Waals surface area (Å²) in [5.74, 6) is -1.95. The van der Waals surface area contributed by atoms with Crippen molar-refractivity contribution in [1.82, 2.24) is 0 Å². The Morgan fingerprint density at radius 3 is 2.65 bits per heavy atom. The van der Waals surface area contributed by atoms with Gasteiger partial charge < -0.3 is 10.1 Å². The Labute approximate surface area is 176 Å². The van der Waals surface area contributed by atoms with Crippen molar-refractivity contribution in [2.75, 3.05) is 16.8 Å². The van der Waals surface area contributed by atoms with E-state index in [4.69, 9.17) is 4.74 Å². The number of halogens is 1. The first-order chi connectivity index (χ1) is 14.7. The first-order valence-electron chi connectivity index (χ1n) is 9.60. The van der Waals surface area contributed by atoms with E-state index in [2.05, 4.69) is 5.32 Å². The molecule has 9 nitrogen and oxygen atoms in total. The van der Waals surface area contributed by atoms with Crippen LogP contribution in [0.4, 0.5) is 21.5 Å². The normalized spacial score (nSPS) is 15.1. The van der Waals surface area contributed by atoms with Gasteiger partial charge in [-0.15, -0.1) is 0 Å². The number of benzene rings is 2. The molecule has 1 unspecified atom stereocenters. The fraction of sp³-hybridized carbons (Fsp3) is 0.286. The third kappa shape index (κ3) is 4.68. The average molecular weight is 429 g/mol. The van der Waals surface area contributed by atoms with E-state index in [0.29, 0.717) is 24.2 Å². The first-order valence-corrected chi connectivity index (χ1v) is 9.60. The van der Waals surface area contributed by atoms with Crippen molar-refractivity contribution in [1.29, 1.82) is 0 Å². The molecule has 0 spiro atoms. The molecule has 0 bridgehead atoms. The molecule has 0 saturated carbocycles. The molecule has 0 radical (unpaired) electrons. The van der Waals surface area contributed by atoms with Gasteiger partial charge in [0.25, 0.3) is 5.91 Å². The number of hydrogen-bond donors (Lipinski definition) is 1. The predicted molar refractivity (Wildman–Crippen MR) is 110 cm³/mol. The van der Waals surface area contributed by atoms with Crippen LogP contribution in [0.15, 0.2) is 36.4 Å². The third-order valence-electron chi connectivity index (χ3n) is 4.70. The second kappa shape index (κ2) is 8.90. The monoisotopic (exact) mass is 429 g/mol. The van der Waals surface area contributed by atoms with Crippen LogP contribution in [0.1, 0.15) is 37.0 Å². The number of fused-ring (bicyclic) bond motifs is 1. The summed E-state index contributed by atoms with van der Waals surface area (Å²) in [6, 6.07) is 7.66. The van der Waals surface area contributed by atoms with E-state index in [1.165, 1.54) is 24.0 Å². The van der Waals surface area contributed by atoms with Crippen LogP contribution < -0.4 is 15.0 Å². The lowest BCUT2D eigenvalue weighted by molar-refractivity contribution is -0.387. The van der Waals surface area contributed by atoms with Crippen LogP contribution in [0.25, 0.3) is 0 Å². The van der Waals surface area contributed by atoms with Crippen molar-refractivity contribution in [3.63, 3.8) is 0 Å². The Morgan fingerprint density at radius 1 is 1.26 bits per heavy atom. The Morgan fingerprint density at radius 2 is 2.00 bits per heavy atom. The van der Waals surface area contributed by atoms with E-state index in [9.17, 15) is 28.9 Å². The van der Waals surface area contributed by atoms with Crippen LogP contribution in [0, 0.1) is 15.9 Å². The van der Waals surface area contributed by atoms with Gasteiger partial charge in [-0.3, -0.25) is 29.4 Å². The highest BCUT2D eigenvalue weighted by molar-refractivity contribution is 6.07. The molecule has 2 aromatic carbocycles. The van der Waals surface area contributed by atoms with Crippen LogP contribution in [0.2, 0.25) is 0 Å². The zero-order valence-electron chi connectivity index (χ0n) is 16.9. The first kappa shape index (κ1) is 21.9. The standard InChI is InChI=1S/C21H20FN3O6/c1-3-4-18(26)13-5-8-19-17(9-13)24(21(28)12(2)31-19)11-20(27)23-14-6-7-16(25(29)30)15(22)10-14/h5-10,12H,3-4,11H2,1-2H3,(H,23,27). The fourth-order valence-electron chi connectivity index (χ4n) is 3.19. The quantitative estimate of drug-likeness (QED) is 0.409. The number of carbonyl (C=O) groups excluding carboxylic acids is 3. The van der Waals surface area contributed by atoms with Crippen molar-refractivity contribution < 1.29 is 28.4 Å². The molecule has 1 N–H and O–H groups in total. The van der Waals surface area contributed by atoms with E-state index in [-0.39, 0.29) is 17.2 Å². The summed E-state index contributed by atoms with van der Waals surface area (Å²) in [4.78, 5) is 48.5. The summed E-state index contributed by atoms with van der Waals surface area (Å²) >= 11 is 0. The number of anilines is 2. The molecule has 3 rings (SSSR count). The second-order valence-electron chi connectivity index (χ2n) is 7.01. The van der Waals surface area contributed by atoms with Crippen LogP contribution >= 0.6 is 0 Å². The molecule has 0 saturated heterocycles. The zero-order chi connectivity index (χ0) is 22.7. The Hall–Kier alpha value is -3.82. The van der Waals surface area contributed by atoms with Crippen molar-refractivity contribution in [2.45, 2.75) is 32.8 Å². The van der Waals surface area contributed by atoms with Gasteiger partial charge in [0.05, 0.1) is 10.6 Å². The maximum Gasteiger partial charge on any atom is 0.304 e. The van der Waals surface area contributed by atoms with Crippen LogP contribution in [-0.2, 0) is 9.59 Å². The Bertz CT molecular complexity index is 1070. The molecule has 1 heterocycles. The highest BCUT2D eigenvalue weighted by Crippen LogP contribution is 2.35. The second-order valence-corrected chi connectivity index (χ2v) is 7.01. The summed E-state index contributed by atoms with van der Waals surface area (Å²) in [5, 5.41) is 13.1. The molecule has 1 aliphatic heterocycles. The largest absolute Gasteiger partial charge is 0.479 e. The smallest absolute Gasteiger partial charge is 0.304 e. The van der Waals surface area contributed by atoms with Gasteiger partial charge in [0.1, 0.15) is 12.3 Å². The Balaban J connectivity index is 1.83. The molecule has 162 valence electrons. The van der Waals surface area contributed by atoms with Gasteiger partial charge in [-0.25, -0.2) is 0 Å². The van der Waals surface area contributed by atoms with Crippen molar-refractivity contribution >= 4 is 34.7 Å². The lowest BCUT2D eigenvalue weighted by Crippen LogP contribution is -2.47. The number of hydrogen-bond acceptors (Lipinski definition) is 6. The predicted octanol–water partition coefficient (Wildman–Crippen LogP) is 3.47. The number of amides is 2. The number of Topliss-reactive ketones (excluding diaryl/α,β-unsaturated/α-hetero) is 1. The lowest BCUT2D eigenvalue weighted by Gasteiger charge is -2.32. The molecule has 2 aromatic rings. The summed E-state index contributed by atoms with van der Waals surface area (Å²) in [7, 11) is 0. The van der Waals surface area contributed by atoms with Crippen molar-refractivity contribution in [2.24, 2.45) is 0 Å². The summed E-state index contributed by atoms with van der Waals surface area (Å²) in [5.41, 5.74) is -0.0215. The lowest BCUT2D eigenvalue weighted by atomic mass is 10.0. The van der Waals surface area contributed by atoms with Gasteiger partial charge in [-0.1, -0.05) is 6.92 Å². The molecule has 2 amide bonds. The molecule has 0 aliphatic carbocycles. The van der Waals surface area contributed by atoms with Gasteiger partial charge in [0.2, 0.25) is 11.7 Å². The maximum absolute atomic E-state index is 13.8. The van der Waals surface area contributed by atoms with E-state index in [0.717, 1.165) is 12.1 Å². The number of ketones is 1. The molecule has 31 heavy (non-hydrogen) atoms. The van der Waals surface area contributed by atoms with E-state index >= 15 is 0 Å². The fourth-order valence-corrected chi connectivity index (χ4v) is 3.19. The topological polar surface area (TPSA) is 119 Å². The van der Waals surface area contributed by atoms with Crippen LogP contribution in [0.3, 0.4) is 0 Å². The van der Waals surface area contributed by atoms with Crippen molar-refractivity contribution in [3.05, 3.63) is 57.9 Å². The summed E-state index contributed by atoms with van der Waals surface area (Å²) < 4.78 is 19.4. The molecular formula is C21H20FN3O6. The van der Waals surface area contributed by atoms with Gasteiger partial charge in [0.15, 0.2) is 11.9 Å². The van der Waals surface area contributed by atoms with E-state index < -0.39 is 40.9 Å².